The Balaban J connectivity index is 1.87. The fourth-order valence-electron chi connectivity index (χ4n) is 2.66. The van der Waals surface area contributed by atoms with Gasteiger partial charge in [-0.15, -0.1) is 0 Å². The summed E-state index contributed by atoms with van der Waals surface area (Å²) in [6.07, 6.45) is 0.640. The molecular weight excluding hydrogens is 364 g/mol. The summed E-state index contributed by atoms with van der Waals surface area (Å²) in [6.45, 7) is -0.406. The molecule has 1 aromatic heterocycles. The maximum absolute atomic E-state index is 12.1. The van der Waals surface area contributed by atoms with Crippen LogP contribution in [0.3, 0.4) is 0 Å². The van der Waals surface area contributed by atoms with Gasteiger partial charge in [-0.1, -0.05) is 54.1 Å². The quantitative estimate of drug-likeness (QED) is 0.611. The number of carbonyl (C=O) groups is 1. The second-order valence-electron chi connectivity index (χ2n) is 6.04. The number of pyridine rings is 1. The highest BCUT2D eigenvalue weighted by Gasteiger charge is 2.12. The minimum absolute atomic E-state index is 0.00649. The van der Waals surface area contributed by atoms with Crippen molar-refractivity contribution in [3.05, 3.63) is 77.4 Å². The number of aliphatic hydroxyl groups is 2. The summed E-state index contributed by atoms with van der Waals surface area (Å²) in [7, 11) is 0. The number of nitrogens with zero attached hydrogens (tertiary/aromatic N) is 1. The van der Waals surface area contributed by atoms with Gasteiger partial charge in [0, 0.05) is 29.4 Å². The van der Waals surface area contributed by atoms with Crippen LogP contribution in [0.4, 0.5) is 0 Å². The monoisotopic (exact) mass is 382 g/mol. The van der Waals surface area contributed by atoms with Crippen molar-refractivity contribution in [3.63, 3.8) is 0 Å². The van der Waals surface area contributed by atoms with E-state index in [1.165, 1.54) is 0 Å². The predicted molar refractivity (Wildman–Crippen MR) is 106 cm³/mol. The topological polar surface area (TPSA) is 82.5 Å². The summed E-state index contributed by atoms with van der Waals surface area (Å²) in [5.41, 5.74) is 4.00. The van der Waals surface area contributed by atoms with Crippen molar-refractivity contribution in [3.8, 4) is 22.4 Å². The highest BCUT2D eigenvalue weighted by molar-refractivity contribution is 6.30. The van der Waals surface area contributed by atoms with E-state index in [2.05, 4.69) is 10.3 Å². The lowest BCUT2D eigenvalue weighted by molar-refractivity contribution is 0.0802. The van der Waals surface area contributed by atoms with Gasteiger partial charge in [0.1, 0.15) is 0 Å². The molecule has 0 saturated heterocycles. The highest BCUT2D eigenvalue weighted by Crippen LogP contribution is 2.32. The first-order chi connectivity index (χ1) is 13.1. The van der Waals surface area contributed by atoms with Crippen LogP contribution >= 0.6 is 11.6 Å². The maximum Gasteiger partial charge on any atom is 0.251 e. The Labute approximate surface area is 162 Å². The zero-order valence-electron chi connectivity index (χ0n) is 14.5. The van der Waals surface area contributed by atoms with E-state index in [9.17, 15) is 9.90 Å². The first kappa shape index (κ1) is 19.0. The Morgan fingerprint density at radius 1 is 1.07 bits per heavy atom. The van der Waals surface area contributed by atoms with E-state index in [1.54, 1.807) is 18.3 Å². The number of aromatic nitrogens is 1. The van der Waals surface area contributed by atoms with Crippen LogP contribution < -0.4 is 5.32 Å². The normalized spacial score (nSPS) is 11.8. The number of aliphatic hydroxyl groups excluding tert-OH is 2. The van der Waals surface area contributed by atoms with E-state index in [1.807, 2.05) is 48.5 Å². The number of rotatable bonds is 6. The fourth-order valence-corrected chi connectivity index (χ4v) is 2.82. The van der Waals surface area contributed by atoms with Gasteiger partial charge in [-0.25, -0.2) is 0 Å². The molecule has 3 rings (SSSR count). The molecule has 1 amide bonds. The molecule has 1 atom stereocenters. The summed E-state index contributed by atoms with van der Waals surface area (Å²) in [6, 6.07) is 18.7. The number of halogens is 1. The zero-order chi connectivity index (χ0) is 19.2. The number of carbonyl (C=O) groups excluding carboxylic acids is 1. The van der Waals surface area contributed by atoms with Gasteiger partial charge in [0.15, 0.2) is 0 Å². The molecule has 0 spiro atoms. The van der Waals surface area contributed by atoms with Gasteiger partial charge in [0.25, 0.3) is 5.91 Å². The molecule has 0 aliphatic carbocycles. The third-order valence-corrected chi connectivity index (χ3v) is 4.28. The van der Waals surface area contributed by atoms with Gasteiger partial charge in [-0.2, -0.15) is 0 Å². The van der Waals surface area contributed by atoms with E-state index in [4.69, 9.17) is 16.7 Å². The molecule has 1 heterocycles. The molecule has 0 radical (unpaired) electrons. The van der Waals surface area contributed by atoms with E-state index in [-0.39, 0.29) is 12.5 Å². The molecule has 0 bridgehead atoms. The third-order valence-electron chi connectivity index (χ3n) is 4.07. The second kappa shape index (κ2) is 8.77. The lowest BCUT2D eigenvalue weighted by Gasteiger charge is -2.11. The Morgan fingerprint density at radius 2 is 1.78 bits per heavy atom. The van der Waals surface area contributed by atoms with Crippen LogP contribution in [0.1, 0.15) is 10.4 Å². The van der Waals surface area contributed by atoms with Gasteiger partial charge in [0.2, 0.25) is 0 Å². The van der Waals surface area contributed by atoms with Crippen LogP contribution in [0, 0.1) is 0 Å². The maximum atomic E-state index is 12.1. The molecule has 0 saturated carbocycles. The van der Waals surface area contributed by atoms with E-state index >= 15 is 0 Å². The molecule has 5 nitrogen and oxygen atoms in total. The average molecular weight is 383 g/mol. The molecule has 27 heavy (non-hydrogen) atoms. The summed E-state index contributed by atoms with van der Waals surface area (Å²) < 4.78 is 0. The fraction of sp³-hybridized carbons (Fsp3) is 0.143. The van der Waals surface area contributed by atoms with Gasteiger partial charge in [-0.05, 0) is 23.8 Å². The minimum Gasteiger partial charge on any atom is -0.394 e. The van der Waals surface area contributed by atoms with Crippen molar-refractivity contribution in [2.75, 3.05) is 13.2 Å². The van der Waals surface area contributed by atoms with Crippen LogP contribution in [0.5, 0.6) is 0 Å². The summed E-state index contributed by atoms with van der Waals surface area (Å²) in [5.74, 6) is -0.318. The van der Waals surface area contributed by atoms with E-state index in [0.29, 0.717) is 10.6 Å². The summed E-state index contributed by atoms with van der Waals surface area (Å²) in [4.78, 5) is 16.6. The van der Waals surface area contributed by atoms with Crippen LogP contribution in [0.2, 0.25) is 5.02 Å². The lowest BCUT2D eigenvalue weighted by Crippen LogP contribution is -2.33. The molecule has 0 aliphatic heterocycles. The summed E-state index contributed by atoms with van der Waals surface area (Å²) >= 11 is 6.15. The largest absolute Gasteiger partial charge is 0.394 e. The van der Waals surface area contributed by atoms with Crippen molar-refractivity contribution in [1.29, 1.82) is 0 Å². The Morgan fingerprint density at radius 3 is 2.44 bits per heavy atom. The average Bonchev–Trinajstić information content (AvgIpc) is 2.72. The molecular formula is C21H19ClN2O3. The zero-order valence-corrected chi connectivity index (χ0v) is 15.2. The van der Waals surface area contributed by atoms with Crippen LogP contribution in [-0.4, -0.2) is 40.4 Å². The molecule has 3 aromatic rings. The van der Waals surface area contributed by atoms with Crippen molar-refractivity contribution >= 4 is 17.5 Å². The number of hydrogen-bond acceptors (Lipinski definition) is 4. The van der Waals surface area contributed by atoms with Gasteiger partial charge in [0.05, 0.1) is 23.4 Å². The van der Waals surface area contributed by atoms with E-state index < -0.39 is 12.7 Å². The van der Waals surface area contributed by atoms with Crippen LogP contribution in [0.25, 0.3) is 22.4 Å². The predicted octanol–water partition coefficient (Wildman–Crippen LogP) is 3.15. The molecule has 3 N–H and O–H groups in total. The summed E-state index contributed by atoms with van der Waals surface area (Å²) in [5, 5.41) is 21.2. The second-order valence-corrected chi connectivity index (χ2v) is 6.48. The number of benzene rings is 2. The molecule has 6 heteroatoms. The Kier molecular flexibility index (Phi) is 6.19. The third kappa shape index (κ3) is 4.71. The van der Waals surface area contributed by atoms with Crippen LogP contribution in [0.15, 0.2) is 66.9 Å². The first-order valence-corrected chi connectivity index (χ1v) is 8.85. The van der Waals surface area contributed by atoms with E-state index in [0.717, 1.165) is 22.4 Å². The number of amides is 1. The highest BCUT2D eigenvalue weighted by atomic mass is 35.5. The molecule has 2 aromatic carbocycles. The number of hydrogen-bond donors (Lipinski definition) is 3. The number of nitrogens with one attached hydrogen (secondary N) is 1. The van der Waals surface area contributed by atoms with Crippen molar-refractivity contribution < 1.29 is 15.0 Å². The van der Waals surface area contributed by atoms with Gasteiger partial charge >= 0.3 is 0 Å². The van der Waals surface area contributed by atoms with Crippen molar-refractivity contribution in [2.45, 2.75) is 6.10 Å². The smallest absolute Gasteiger partial charge is 0.251 e. The standard InChI is InChI=1S/C21H19ClN2O3/c22-17-10-19(20(23-11-17)15-4-2-1-3-5-15)14-6-8-16(9-7-14)21(27)24-12-18(26)13-25/h1-11,18,25-26H,12-13H2,(H,24,27). The molecule has 138 valence electrons. The molecule has 0 aliphatic rings. The van der Waals surface area contributed by atoms with Gasteiger partial charge < -0.3 is 15.5 Å². The first-order valence-electron chi connectivity index (χ1n) is 8.47. The van der Waals surface area contributed by atoms with Crippen LogP contribution in [-0.2, 0) is 0 Å². The minimum atomic E-state index is -0.973. The van der Waals surface area contributed by atoms with Crippen molar-refractivity contribution in [2.24, 2.45) is 0 Å². The lowest BCUT2D eigenvalue weighted by atomic mass is 9.98. The van der Waals surface area contributed by atoms with Gasteiger partial charge in [-0.3, -0.25) is 9.78 Å². The SMILES string of the molecule is O=C(NCC(O)CO)c1ccc(-c2cc(Cl)cnc2-c2ccccc2)cc1. The van der Waals surface area contributed by atoms with Crippen molar-refractivity contribution in [1.82, 2.24) is 10.3 Å². The molecule has 1 unspecified atom stereocenters. The Bertz CT molecular complexity index is 914. The molecule has 0 fully saturated rings. The Hall–Kier alpha value is -2.73.